The zero-order chi connectivity index (χ0) is 13.9. The highest BCUT2D eigenvalue weighted by Crippen LogP contribution is 2.56. The third-order valence-electron chi connectivity index (χ3n) is 5.99. The van der Waals surface area contributed by atoms with Gasteiger partial charge in [0.2, 0.25) is 0 Å². The minimum absolute atomic E-state index is 0.105. The molecule has 0 atom stereocenters. The summed E-state index contributed by atoms with van der Waals surface area (Å²) in [4.78, 5) is 11.1. The van der Waals surface area contributed by atoms with Crippen LogP contribution in [0.25, 0.3) is 0 Å². The molecule has 0 unspecified atom stereocenters. The summed E-state index contributed by atoms with van der Waals surface area (Å²) >= 11 is 0. The van der Waals surface area contributed by atoms with Gasteiger partial charge in [-0.1, -0.05) is 5.21 Å². The van der Waals surface area contributed by atoms with Crippen molar-refractivity contribution < 1.29 is 9.90 Å². The van der Waals surface area contributed by atoms with Gasteiger partial charge in [-0.05, 0) is 68.6 Å². The van der Waals surface area contributed by atoms with E-state index >= 15 is 0 Å². The molecule has 1 aromatic rings. The molecule has 4 bridgehead atoms. The lowest BCUT2D eigenvalue weighted by Crippen LogP contribution is -2.46. The monoisotopic (exact) mass is 275 g/mol. The Labute approximate surface area is 118 Å². The van der Waals surface area contributed by atoms with E-state index in [1.54, 1.807) is 0 Å². The number of aromatic nitrogens is 3. The van der Waals surface area contributed by atoms with E-state index in [0.29, 0.717) is 11.6 Å². The average molecular weight is 275 g/mol. The Morgan fingerprint density at radius 3 is 2.30 bits per heavy atom. The molecule has 20 heavy (non-hydrogen) atoms. The van der Waals surface area contributed by atoms with Crippen LogP contribution in [0.1, 0.15) is 48.3 Å². The molecule has 5 rings (SSSR count). The van der Waals surface area contributed by atoms with E-state index in [2.05, 4.69) is 10.3 Å². The van der Waals surface area contributed by atoms with E-state index in [4.69, 9.17) is 5.11 Å². The van der Waals surface area contributed by atoms with Gasteiger partial charge < -0.3 is 5.11 Å². The van der Waals surface area contributed by atoms with Crippen LogP contribution in [0.3, 0.4) is 0 Å². The van der Waals surface area contributed by atoms with Crippen LogP contribution in [0.5, 0.6) is 0 Å². The third kappa shape index (κ3) is 1.79. The van der Waals surface area contributed by atoms with Crippen molar-refractivity contribution in [3.05, 3.63) is 11.4 Å². The predicted octanol–water partition coefficient (Wildman–Crippen LogP) is 2.36. The van der Waals surface area contributed by atoms with Crippen molar-refractivity contribution in [3.8, 4) is 0 Å². The maximum absolute atomic E-state index is 11.1. The van der Waals surface area contributed by atoms with Crippen molar-refractivity contribution in [3.63, 3.8) is 0 Å². The van der Waals surface area contributed by atoms with Gasteiger partial charge in [-0.15, -0.1) is 5.10 Å². The predicted molar refractivity (Wildman–Crippen MR) is 72.3 cm³/mol. The highest BCUT2D eigenvalue weighted by molar-refractivity contribution is 5.86. The molecule has 0 spiro atoms. The number of rotatable bonds is 3. The van der Waals surface area contributed by atoms with Crippen LogP contribution in [0.15, 0.2) is 0 Å². The summed E-state index contributed by atoms with van der Waals surface area (Å²) in [5.41, 5.74) is 0.806. The molecule has 4 aliphatic rings. The molecule has 0 amide bonds. The van der Waals surface area contributed by atoms with Crippen LogP contribution < -0.4 is 0 Å². The van der Waals surface area contributed by atoms with Gasteiger partial charge in [-0.25, -0.2) is 9.48 Å². The lowest BCUT2D eigenvalue weighted by molar-refractivity contribution is -0.0446. The first-order valence-electron chi connectivity index (χ1n) is 7.75. The Morgan fingerprint density at radius 2 is 1.80 bits per heavy atom. The van der Waals surface area contributed by atoms with Gasteiger partial charge in [0.1, 0.15) is 0 Å². The fraction of sp³-hybridized carbons (Fsp3) is 0.800. The summed E-state index contributed by atoms with van der Waals surface area (Å²) in [7, 11) is 0. The van der Waals surface area contributed by atoms with Crippen molar-refractivity contribution in [1.82, 2.24) is 15.0 Å². The zero-order valence-corrected chi connectivity index (χ0v) is 11.8. The molecule has 0 aliphatic heterocycles. The molecular formula is C15H21N3O2. The van der Waals surface area contributed by atoms with E-state index < -0.39 is 5.97 Å². The molecule has 1 aromatic heterocycles. The minimum Gasteiger partial charge on any atom is -0.476 e. The first kappa shape index (κ1) is 12.4. The smallest absolute Gasteiger partial charge is 0.358 e. The van der Waals surface area contributed by atoms with Crippen LogP contribution in [-0.4, -0.2) is 26.1 Å². The molecule has 4 saturated carbocycles. The standard InChI is InChI=1S/C15H21N3O2/c1-8-14(15(19)20)16-17-18(8)7-13-11-3-9-2-10(5-11)6-12(13)4-9/h9-13H,2-7H2,1H3,(H,19,20). The quantitative estimate of drug-likeness (QED) is 0.919. The van der Waals surface area contributed by atoms with E-state index in [1.165, 1.54) is 32.1 Å². The summed E-state index contributed by atoms with van der Waals surface area (Å²) in [5, 5.41) is 17.0. The topological polar surface area (TPSA) is 68.0 Å². The van der Waals surface area contributed by atoms with Crippen LogP contribution in [-0.2, 0) is 6.54 Å². The van der Waals surface area contributed by atoms with Crippen LogP contribution in [0.2, 0.25) is 0 Å². The first-order valence-corrected chi connectivity index (χ1v) is 7.75. The average Bonchev–Trinajstić information content (AvgIpc) is 2.74. The number of hydrogen-bond acceptors (Lipinski definition) is 3. The molecule has 0 radical (unpaired) electrons. The first-order chi connectivity index (χ1) is 9.61. The highest BCUT2D eigenvalue weighted by Gasteiger charge is 2.48. The Balaban J connectivity index is 1.56. The van der Waals surface area contributed by atoms with Crippen molar-refractivity contribution in [2.24, 2.45) is 29.6 Å². The third-order valence-corrected chi connectivity index (χ3v) is 5.99. The number of hydrogen-bond donors (Lipinski definition) is 1. The van der Waals surface area contributed by atoms with Crippen LogP contribution >= 0.6 is 0 Å². The lowest BCUT2D eigenvalue weighted by Gasteiger charge is -2.54. The van der Waals surface area contributed by atoms with E-state index in [1.807, 2.05) is 11.6 Å². The zero-order valence-electron chi connectivity index (χ0n) is 11.8. The van der Waals surface area contributed by atoms with Gasteiger partial charge in [0.15, 0.2) is 5.69 Å². The lowest BCUT2D eigenvalue weighted by atomic mass is 9.52. The molecule has 0 aromatic carbocycles. The second-order valence-corrected chi connectivity index (χ2v) is 7.11. The minimum atomic E-state index is -0.973. The van der Waals surface area contributed by atoms with E-state index in [-0.39, 0.29) is 5.69 Å². The summed E-state index contributed by atoms with van der Waals surface area (Å²) in [6, 6.07) is 0. The number of nitrogens with zero attached hydrogens (tertiary/aromatic N) is 3. The molecule has 0 saturated heterocycles. The summed E-state index contributed by atoms with van der Waals surface area (Å²) < 4.78 is 1.83. The second-order valence-electron chi connectivity index (χ2n) is 7.11. The summed E-state index contributed by atoms with van der Waals surface area (Å²) in [5.74, 6) is 3.33. The number of carboxylic acid groups (broad SMARTS) is 1. The Morgan fingerprint density at radius 1 is 1.20 bits per heavy atom. The maximum Gasteiger partial charge on any atom is 0.358 e. The Bertz CT molecular complexity index is 523. The van der Waals surface area contributed by atoms with Gasteiger partial charge in [-0.2, -0.15) is 0 Å². The molecule has 5 heteroatoms. The summed E-state index contributed by atoms with van der Waals surface area (Å²) in [6.07, 6.45) is 7.01. The molecule has 4 fully saturated rings. The fourth-order valence-corrected chi connectivity index (χ4v) is 5.27. The molecule has 5 nitrogen and oxygen atoms in total. The number of carbonyl (C=O) groups is 1. The van der Waals surface area contributed by atoms with Gasteiger partial charge >= 0.3 is 5.97 Å². The Hall–Kier alpha value is -1.39. The van der Waals surface area contributed by atoms with Gasteiger partial charge in [0, 0.05) is 6.54 Å². The van der Waals surface area contributed by atoms with E-state index in [9.17, 15) is 4.79 Å². The molecule has 1 N–H and O–H groups in total. The second kappa shape index (κ2) is 4.30. The van der Waals surface area contributed by atoms with Crippen molar-refractivity contribution in [2.45, 2.75) is 45.6 Å². The van der Waals surface area contributed by atoms with Crippen LogP contribution in [0, 0.1) is 36.5 Å². The normalized spacial score (nSPS) is 38.4. The maximum atomic E-state index is 11.1. The SMILES string of the molecule is Cc1c(C(=O)O)nnn1CC1C2CC3CC(C2)CC1C3. The summed E-state index contributed by atoms with van der Waals surface area (Å²) in [6.45, 7) is 2.68. The largest absolute Gasteiger partial charge is 0.476 e. The van der Waals surface area contributed by atoms with Crippen molar-refractivity contribution in [1.29, 1.82) is 0 Å². The molecular weight excluding hydrogens is 254 g/mol. The van der Waals surface area contributed by atoms with Crippen molar-refractivity contribution >= 4 is 5.97 Å². The highest BCUT2D eigenvalue weighted by atomic mass is 16.4. The van der Waals surface area contributed by atoms with Gasteiger partial charge in [0.05, 0.1) is 5.69 Å². The van der Waals surface area contributed by atoms with Crippen LogP contribution in [0.4, 0.5) is 0 Å². The van der Waals surface area contributed by atoms with Crippen molar-refractivity contribution in [2.75, 3.05) is 0 Å². The molecule has 4 aliphatic carbocycles. The van der Waals surface area contributed by atoms with E-state index in [0.717, 1.165) is 30.2 Å². The number of carboxylic acids is 1. The Kier molecular flexibility index (Phi) is 2.66. The van der Waals surface area contributed by atoms with Gasteiger partial charge in [-0.3, -0.25) is 0 Å². The fourth-order valence-electron chi connectivity index (χ4n) is 5.27. The molecule has 108 valence electrons. The van der Waals surface area contributed by atoms with Gasteiger partial charge in [0.25, 0.3) is 0 Å². The number of aromatic carboxylic acids is 1. The molecule has 1 heterocycles.